The normalized spacial score (nSPS) is 17.4. The lowest BCUT2D eigenvalue weighted by molar-refractivity contribution is -0.127. The molecule has 0 aromatic heterocycles. The van der Waals surface area contributed by atoms with Crippen LogP contribution in [0, 0.1) is 0 Å². The molecule has 1 atom stereocenters. The molecule has 3 amide bonds. The lowest BCUT2D eigenvalue weighted by Crippen LogP contribution is -2.32. The number of nitrogens with zero attached hydrogens (tertiary/aromatic N) is 1. The molecule has 2 N–H and O–H groups in total. The number of amides is 3. The van der Waals surface area contributed by atoms with E-state index in [1.54, 1.807) is 12.1 Å². The van der Waals surface area contributed by atoms with E-state index < -0.39 is 6.04 Å². The Morgan fingerprint density at radius 1 is 0.913 bits per heavy atom. The summed E-state index contributed by atoms with van der Waals surface area (Å²) in [5.41, 5.74) is 2.67. The molecule has 2 aromatic rings. The molecule has 0 aliphatic carbocycles. The lowest BCUT2D eigenvalue weighted by atomic mass is 10.1. The summed E-state index contributed by atoms with van der Waals surface area (Å²) >= 11 is 0. The zero-order valence-corrected chi connectivity index (χ0v) is 12.6. The predicted molar refractivity (Wildman–Crippen MR) is 85.4 cm³/mol. The largest absolute Gasteiger partial charge is 0.392 e. The van der Waals surface area contributed by atoms with Crippen LogP contribution in [0.1, 0.15) is 16.7 Å². The summed E-state index contributed by atoms with van der Waals surface area (Å²) in [6, 6.07) is 16.0. The first-order chi connectivity index (χ1) is 11.2. The van der Waals surface area contributed by atoms with Gasteiger partial charge < -0.3 is 10.4 Å². The van der Waals surface area contributed by atoms with Gasteiger partial charge in [-0.1, -0.05) is 54.6 Å². The van der Waals surface area contributed by atoms with E-state index in [2.05, 4.69) is 5.32 Å². The fraction of sp³-hybridized carbons (Fsp3) is 0.222. The molecule has 1 saturated heterocycles. The van der Waals surface area contributed by atoms with Gasteiger partial charge in [-0.05, 0) is 16.7 Å². The number of urea groups is 1. The van der Waals surface area contributed by atoms with Gasteiger partial charge in [-0.3, -0.25) is 9.69 Å². The Morgan fingerprint density at radius 3 is 2.22 bits per heavy atom. The zero-order valence-electron chi connectivity index (χ0n) is 12.6. The van der Waals surface area contributed by atoms with Crippen molar-refractivity contribution in [2.45, 2.75) is 25.6 Å². The van der Waals surface area contributed by atoms with Crippen molar-refractivity contribution in [2.75, 3.05) is 0 Å². The quantitative estimate of drug-likeness (QED) is 0.828. The Labute approximate surface area is 134 Å². The van der Waals surface area contributed by atoms with Crippen LogP contribution in [0.5, 0.6) is 0 Å². The first-order valence-electron chi connectivity index (χ1n) is 7.52. The number of rotatable bonds is 5. The lowest BCUT2D eigenvalue weighted by Gasteiger charge is -2.13. The molecule has 118 valence electrons. The summed E-state index contributed by atoms with van der Waals surface area (Å²) in [6.45, 7) is 0.213. The molecule has 2 aromatic carbocycles. The van der Waals surface area contributed by atoms with Crippen molar-refractivity contribution < 1.29 is 14.7 Å². The molecule has 1 aliphatic heterocycles. The molecule has 5 heteroatoms. The van der Waals surface area contributed by atoms with E-state index in [-0.39, 0.29) is 25.1 Å². The Hall–Kier alpha value is -2.66. The molecular weight excluding hydrogens is 292 g/mol. The van der Waals surface area contributed by atoms with Gasteiger partial charge in [0.15, 0.2) is 0 Å². The first-order valence-corrected chi connectivity index (χ1v) is 7.52. The molecule has 1 heterocycles. The van der Waals surface area contributed by atoms with Gasteiger partial charge in [0.2, 0.25) is 0 Å². The number of nitrogens with one attached hydrogen (secondary N) is 1. The number of aliphatic hydroxyl groups is 1. The van der Waals surface area contributed by atoms with E-state index in [1.807, 2.05) is 42.5 Å². The topological polar surface area (TPSA) is 69.6 Å². The Bertz CT molecular complexity index is 698. The summed E-state index contributed by atoms with van der Waals surface area (Å²) in [5.74, 6) is -0.204. The van der Waals surface area contributed by atoms with E-state index in [0.717, 1.165) is 16.7 Å². The highest BCUT2D eigenvalue weighted by molar-refractivity contribution is 6.04. The monoisotopic (exact) mass is 310 g/mol. The molecule has 23 heavy (non-hydrogen) atoms. The number of hydrogen-bond acceptors (Lipinski definition) is 3. The van der Waals surface area contributed by atoms with Crippen molar-refractivity contribution in [3.8, 4) is 0 Å². The third-order valence-corrected chi connectivity index (χ3v) is 3.94. The smallest absolute Gasteiger partial charge is 0.325 e. The van der Waals surface area contributed by atoms with Crippen molar-refractivity contribution >= 4 is 11.9 Å². The van der Waals surface area contributed by atoms with Crippen LogP contribution in [-0.4, -0.2) is 28.0 Å². The number of carbonyl (C=O) groups excluding carboxylic acids is 2. The van der Waals surface area contributed by atoms with Crippen LogP contribution in [0.4, 0.5) is 4.79 Å². The summed E-state index contributed by atoms with van der Waals surface area (Å²) in [7, 11) is 0. The van der Waals surface area contributed by atoms with Gasteiger partial charge in [-0.25, -0.2) is 4.79 Å². The third-order valence-electron chi connectivity index (χ3n) is 3.94. The highest BCUT2D eigenvalue weighted by Gasteiger charge is 2.37. The van der Waals surface area contributed by atoms with Crippen LogP contribution in [-0.2, 0) is 24.4 Å². The van der Waals surface area contributed by atoms with E-state index >= 15 is 0 Å². The number of carbonyl (C=O) groups is 2. The highest BCUT2D eigenvalue weighted by atomic mass is 16.3. The molecule has 1 unspecified atom stereocenters. The van der Waals surface area contributed by atoms with Gasteiger partial charge >= 0.3 is 6.03 Å². The molecule has 0 saturated carbocycles. The second kappa shape index (κ2) is 6.62. The maximum Gasteiger partial charge on any atom is 0.325 e. The maximum absolute atomic E-state index is 12.5. The van der Waals surface area contributed by atoms with Crippen molar-refractivity contribution in [3.05, 3.63) is 71.3 Å². The SMILES string of the molecule is O=C1NC(Cc2ccccc2)C(=O)N1Cc1ccc(CO)cc1. The summed E-state index contributed by atoms with van der Waals surface area (Å²) in [6.07, 6.45) is 0.491. The first kappa shape index (κ1) is 15.2. The molecular formula is C18H18N2O3. The van der Waals surface area contributed by atoms with E-state index in [1.165, 1.54) is 4.90 Å². The Kier molecular flexibility index (Phi) is 4.39. The van der Waals surface area contributed by atoms with Crippen LogP contribution < -0.4 is 5.32 Å². The molecule has 0 radical (unpaired) electrons. The van der Waals surface area contributed by atoms with E-state index in [4.69, 9.17) is 5.11 Å². The van der Waals surface area contributed by atoms with Crippen LogP contribution in [0.25, 0.3) is 0 Å². The Balaban J connectivity index is 1.68. The second-order valence-corrected chi connectivity index (χ2v) is 5.59. The average molecular weight is 310 g/mol. The van der Waals surface area contributed by atoms with Gasteiger partial charge in [0.05, 0.1) is 13.2 Å². The van der Waals surface area contributed by atoms with Gasteiger partial charge in [-0.15, -0.1) is 0 Å². The molecule has 5 nitrogen and oxygen atoms in total. The van der Waals surface area contributed by atoms with E-state index in [9.17, 15) is 9.59 Å². The van der Waals surface area contributed by atoms with Crippen LogP contribution in [0.2, 0.25) is 0 Å². The number of benzene rings is 2. The zero-order chi connectivity index (χ0) is 16.2. The minimum atomic E-state index is -0.512. The molecule has 1 fully saturated rings. The van der Waals surface area contributed by atoms with Crippen LogP contribution >= 0.6 is 0 Å². The predicted octanol–water partition coefficient (Wildman–Crippen LogP) is 1.84. The highest BCUT2D eigenvalue weighted by Crippen LogP contribution is 2.16. The minimum Gasteiger partial charge on any atom is -0.392 e. The molecule has 1 aliphatic rings. The van der Waals surface area contributed by atoms with Gasteiger partial charge in [0.25, 0.3) is 5.91 Å². The summed E-state index contributed by atoms with van der Waals surface area (Å²) < 4.78 is 0. The van der Waals surface area contributed by atoms with Crippen LogP contribution in [0.15, 0.2) is 54.6 Å². The standard InChI is InChI=1S/C18H18N2O3/c21-12-15-8-6-14(7-9-15)11-20-17(22)16(19-18(20)23)10-13-4-2-1-3-5-13/h1-9,16,21H,10-12H2,(H,19,23). The van der Waals surface area contributed by atoms with Crippen molar-refractivity contribution in [3.63, 3.8) is 0 Å². The van der Waals surface area contributed by atoms with Crippen LogP contribution in [0.3, 0.4) is 0 Å². The number of hydrogen-bond donors (Lipinski definition) is 2. The van der Waals surface area contributed by atoms with Crippen molar-refractivity contribution in [2.24, 2.45) is 0 Å². The molecule has 3 rings (SSSR count). The Morgan fingerprint density at radius 2 is 1.57 bits per heavy atom. The summed E-state index contributed by atoms with van der Waals surface area (Å²) in [4.78, 5) is 25.8. The fourth-order valence-electron chi connectivity index (χ4n) is 2.65. The average Bonchev–Trinajstić information content (AvgIpc) is 2.84. The van der Waals surface area contributed by atoms with E-state index in [0.29, 0.717) is 6.42 Å². The van der Waals surface area contributed by atoms with Gasteiger partial charge in [0, 0.05) is 6.42 Å². The third kappa shape index (κ3) is 3.40. The van der Waals surface area contributed by atoms with Gasteiger partial charge in [-0.2, -0.15) is 0 Å². The number of aliphatic hydroxyl groups excluding tert-OH is 1. The fourth-order valence-corrected chi connectivity index (χ4v) is 2.65. The minimum absolute atomic E-state index is 0.0252. The molecule has 0 bridgehead atoms. The maximum atomic E-state index is 12.5. The second-order valence-electron chi connectivity index (χ2n) is 5.59. The van der Waals surface area contributed by atoms with Gasteiger partial charge in [0.1, 0.15) is 6.04 Å². The summed E-state index contributed by atoms with van der Waals surface area (Å²) in [5, 5.41) is 11.8. The number of imide groups is 1. The van der Waals surface area contributed by atoms with Crippen molar-refractivity contribution in [1.82, 2.24) is 10.2 Å². The van der Waals surface area contributed by atoms with Crippen molar-refractivity contribution in [1.29, 1.82) is 0 Å². The molecule has 0 spiro atoms.